The van der Waals surface area contributed by atoms with Gasteiger partial charge in [0, 0.05) is 19.3 Å². The maximum absolute atomic E-state index is 6.42. The number of para-hydroxylation sites is 1. The number of ether oxygens (including phenoxy) is 1. The Hall–Kier alpha value is -3.23. The summed E-state index contributed by atoms with van der Waals surface area (Å²) in [4.78, 5) is 2.44. The molecule has 1 unspecified atom stereocenters. The zero-order chi connectivity index (χ0) is 23.2. The van der Waals surface area contributed by atoms with Crippen LogP contribution in [0.1, 0.15) is 44.6 Å². The zero-order valence-corrected chi connectivity index (χ0v) is 19.6. The van der Waals surface area contributed by atoms with Crippen molar-refractivity contribution in [2.75, 3.05) is 24.7 Å². The standard InChI is InChI=1S/C25H33N7O/c1-4-33-23-12-10-21(11-13-23)24-25-27-28-29-32(25)15-14-30(24)17-20(16-19(2)3)18-31(26)22-8-6-5-7-9-22/h5-13,18-19,24H,4,14-17,26H2,1-3H3. The van der Waals surface area contributed by atoms with Crippen LogP contribution in [-0.2, 0) is 6.54 Å². The maximum Gasteiger partial charge on any atom is 0.173 e. The molecular formula is C25H33N7O. The molecule has 0 fully saturated rings. The smallest absolute Gasteiger partial charge is 0.173 e. The molecule has 1 atom stereocenters. The first kappa shape index (κ1) is 22.9. The molecule has 4 rings (SSSR count). The number of nitrogens with two attached hydrogens (primary N) is 1. The first-order chi connectivity index (χ1) is 16.0. The van der Waals surface area contributed by atoms with Crippen LogP contribution in [0.25, 0.3) is 0 Å². The molecule has 1 aliphatic rings. The van der Waals surface area contributed by atoms with Gasteiger partial charge in [0.25, 0.3) is 0 Å². The topological polar surface area (TPSA) is 85.3 Å². The predicted octanol–water partition coefficient (Wildman–Crippen LogP) is 3.79. The van der Waals surface area contributed by atoms with E-state index in [1.165, 1.54) is 5.57 Å². The van der Waals surface area contributed by atoms with Gasteiger partial charge in [0.15, 0.2) is 5.82 Å². The van der Waals surface area contributed by atoms with E-state index in [4.69, 9.17) is 10.6 Å². The zero-order valence-electron chi connectivity index (χ0n) is 19.6. The fraction of sp³-hybridized carbons (Fsp3) is 0.400. The van der Waals surface area contributed by atoms with Gasteiger partial charge in [-0.15, -0.1) is 5.10 Å². The van der Waals surface area contributed by atoms with E-state index < -0.39 is 0 Å². The summed E-state index contributed by atoms with van der Waals surface area (Å²) in [5, 5.41) is 14.2. The molecule has 0 aliphatic carbocycles. The van der Waals surface area contributed by atoms with Crippen LogP contribution < -0.4 is 15.6 Å². The van der Waals surface area contributed by atoms with Crippen molar-refractivity contribution in [1.29, 1.82) is 0 Å². The van der Waals surface area contributed by atoms with Crippen molar-refractivity contribution < 1.29 is 4.74 Å². The molecule has 0 radical (unpaired) electrons. The third-order valence-electron chi connectivity index (χ3n) is 5.73. The second-order valence-corrected chi connectivity index (χ2v) is 8.76. The number of hydrogen-bond donors (Lipinski definition) is 1. The Kier molecular flexibility index (Phi) is 7.36. The molecule has 2 heterocycles. The van der Waals surface area contributed by atoms with Crippen LogP contribution in [0, 0.1) is 5.92 Å². The summed E-state index contributed by atoms with van der Waals surface area (Å²) in [7, 11) is 0. The lowest BCUT2D eigenvalue weighted by molar-refractivity contribution is 0.184. The summed E-state index contributed by atoms with van der Waals surface area (Å²) >= 11 is 0. The summed E-state index contributed by atoms with van der Waals surface area (Å²) in [6.45, 7) is 9.49. The van der Waals surface area contributed by atoms with Gasteiger partial charge in [0.1, 0.15) is 5.75 Å². The minimum Gasteiger partial charge on any atom is -0.494 e. The Balaban J connectivity index is 1.63. The SMILES string of the molecule is CCOc1ccc(C2c3nnnn3CCN2CC(=CN(N)c2ccccc2)CC(C)C)cc1. The number of hydrazine groups is 1. The maximum atomic E-state index is 6.42. The summed E-state index contributed by atoms with van der Waals surface area (Å²) < 4.78 is 7.54. The van der Waals surface area contributed by atoms with Crippen molar-refractivity contribution in [2.24, 2.45) is 11.8 Å². The summed E-state index contributed by atoms with van der Waals surface area (Å²) in [6.07, 6.45) is 3.03. The molecule has 8 nitrogen and oxygen atoms in total. The molecular weight excluding hydrogens is 414 g/mol. The van der Waals surface area contributed by atoms with Crippen LogP contribution in [0.15, 0.2) is 66.4 Å². The normalized spacial score (nSPS) is 16.6. The van der Waals surface area contributed by atoms with Crippen molar-refractivity contribution in [3.05, 3.63) is 77.8 Å². The van der Waals surface area contributed by atoms with E-state index >= 15 is 0 Å². The van der Waals surface area contributed by atoms with Crippen molar-refractivity contribution in [3.8, 4) is 5.75 Å². The van der Waals surface area contributed by atoms with Gasteiger partial charge in [-0.2, -0.15) is 0 Å². The fourth-order valence-corrected chi connectivity index (χ4v) is 4.34. The first-order valence-electron chi connectivity index (χ1n) is 11.6. The molecule has 33 heavy (non-hydrogen) atoms. The van der Waals surface area contributed by atoms with E-state index in [1.807, 2.05) is 54.1 Å². The molecule has 1 aliphatic heterocycles. The lowest BCUT2D eigenvalue weighted by atomic mass is 9.99. The fourth-order valence-electron chi connectivity index (χ4n) is 4.34. The molecule has 0 amide bonds. The largest absolute Gasteiger partial charge is 0.494 e. The van der Waals surface area contributed by atoms with Gasteiger partial charge < -0.3 is 4.74 Å². The Bertz CT molecular complexity index is 1050. The Morgan fingerprint density at radius 2 is 1.91 bits per heavy atom. The van der Waals surface area contributed by atoms with Gasteiger partial charge >= 0.3 is 0 Å². The lowest BCUT2D eigenvalue weighted by Crippen LogP contribution is -2.41. The van der Waals surface area contributed by atoms with Gasteiger partial charge in [-0.05, 0) is 65.1 Å². The first-order valence-corrected chi connectivity index (χ1v) is 11.6. The molecule has 3 aromatic rings. The average molecular weight is 448 g/mol. The second-order valence-electron chi connectivity index (χ2n) is 8.76. The van der Waals surface area contributed by atoms with Crippen LogP contribution in [0.2, 0.25) is 0 Å². The molecule has 2 aromatic carbocycles. The predicted molar refractivity (Wildman–Crippen MR) is 129 cm³/mol. The number of benzene rings is 2. The Morgan fingerprint density at radius 1 is 1.15 bits per heavy atom. The summed E-state index contributed by atoms with van der Waals surface area (Å²) in [5.74, 6) is 8.66. The van der Waals surface area contributed by atoms with Crippen LogP contribution >= 0.6 is 0 Å². The number of fused-ring (bicyclic) bond motifs is 1. The highest BCUT2D eigenvalue weighted by molar-refractivity contribution is 5.47. The van der Waals surface area contributed by atoms with Crippen LogP contribution in [0.5, 0.6) is 5.75 Å². The molecule has 0 bridgehead atoms. The van der Waals surface area contributed by atoms with Gasteiger partial charge in [-0.25, -0.2) is 10.5 Å². The second kappa shape index (κ2) is 10.6. The number of rotatable bonds is 9. The Labute approximate surface area is 195 Å². The van der Waals surface area contributed by atoms with E-state index in [2.05, 4.69) is 52.6 Å². The average Bonchev–Trinajstić information content (AvgIpc) is 3.29. The minimum absolute atomic E-state index is 0.0389. The van der Waals surface area contributed by atoms with Crippen molar-refractivity contribution in [3.63, 3.8) is 0 Å². The highest BCUT2D eigenvalue weighted by Gasteiger charge is 2.32. The molecule has 2 N–H and O–H groups in total. The van der Waals surface area contributed by atoms with E-state index in [9.17, 15) is 0 Å². The van der Waals surface area contributed by atoms with Crippen molar-refractivity contribution in [1.82, 2.24) is 25.1 Å². The number of nitrogens with zero attached hydrogens (tertiary/aromatic N) is 6. The number of anilines is 1. The summed E-state index contributed by atoms with van der Waals surface area (Å²) in [6, 6.07) is 18.2. The van der Waals surface area contributed by atoms with Crippen molar-refractivity contribution >= 4 is 5.69 Å². The third kappa shape index (κ3) is 5.58. The highest BCUT2D eigenvalue weighted by atomic mass is 16.5. The number of aromatic nitrogens is 4. The van der Waals surface area contributed by atoms with E-state index in [0.29, 0.717) is 12.5 Å². The molecule has 0 saturated heterocycles. The molecule has 8 heteroatoms. The van der Waals surface area contributed by atoms with Gasteiger partial charge in [-0.1, -0.05) is 44.2 Å². The van der Waals surface area contributed by atoms with E-state index in [0.717, 1.165) is 48.9 Å². The van der Waals surface area contributed by atoms with Crippen molar-refractivity contribution in [2.45, 2.75) is 39.8 Å². The molecule has 174 valence electrons. The molecule has 0 spiro atoms. The van der Waals surface area contributed by atoms with Gasteiger partial charge in [-0.3, -0.25) is 9.91 Å². The van der Waals surface area contributed by atoms with Crippen LogP contribution in [0.4, 0.5) is 5.69 Å². The van der Waals surface area contributed by atoms with Crippen LogP contribution in [-0.4, -0.2) is 44.8 Å². The Morgan fingerprint density at radius 3 is 2.61 bits per heavy atom. The minimum atomic E-state index is -0.0389. The molecule has 1 aromatic heterocycles. The number of hydrogen-bond acceptors (Lipinski definition) is 7. The van der Waals surface area contributed by atoms with E-state index in [-0.39, 0.29) is 6.04 Å². The monoisotopic (exact) mass is 447 g/mol. The van der Waals surface area contributed by atoms with Gasteiger partial charge in [0.2, 0.25) is 0 Å². The summed E-state index contributed by atoms with van der Waals surface area (Å²) in [5.41, 5.74) is 3.38. The van der Waals surface area contributed by atoms with Crippen LogP contribution in [0.3, 0.4) is 0 Å². The number of tetrazole rings is 1. The van der Waals surface area contributed by atoms with E-state index in [1.54, 1.807) is 5.01 Å². The highest BCUT2D eigenvalue weighted by Crippen LogP contribution is 2.32. The quantitative estimate of drug-likeness (QED) is 0.395. The lowest BCUT2D eigenvalue weighted by Gasteiger charge is -2.36. The third-order valence-corrected chi connectivity index (χ3v) is 5.73. The molecule has 0 saturated carbocycles. The van der Waals surface area contributed by atoms with Gasteiger partial charge in [0.05, 0.1) is 24.9 Å².